The highest BCUT2D eigenvalue weighted by Gasteiger charge is 2.53. The number of nitrogens with zero attached hydrogens (tertiary/aromatic N) is 4. The average molecular weight is 673 g/mol. The highest BCUT2D eigenvalue weighted by atomic mass is 79.9. The Morgan fingerprint density at radius 2 is 1.71 bits per heavy atom. The van der Waals surface area contributed by atoms with Crippen LogP contribution in [0.15, 0.2) is 112 Å². The number of amides is 1. The molecule has 0 radical (unpaired) electrons. The van der Waals surface area contributed by atoms with E-state index in [1.54, 1.807) is 42.5 Å². The Labute approximate surface area is 268 Å². The van der Waals surface area contributed by atoms with E-state index >= 15 is 0 Å². The van der Waals surface area contributed by atoms with Gasteiger partial charge in [0.25, 0.3) is 5.91 Å². The van der Waals surface area contributed by atoms with Crippen molar-refractivity contribution in [2.45, 2.75) is 37.6 Å². The first-order valence-corrected chi connectivity index (χ1v) is 15.2. The highest BCUT2D eigenvalue weighted by Crippen LogP contribution is 2.43. The molecular formula is C34H31BrFN5O4. The zero-order valence-corrected chi connectivity index (χ0v) is 25.9. The third-order valence-electron chi connectivity index (χ3n) is 7.48. The number of aliphatic hydroxyl groups excluding tert-OH is 1. The number of carbonyl (C=O) groups is 1. The molecule has 45 heavy (non-hydrogen) atoms. The number of halogens is 2. The van der Waals surface area contributed by atoms with E-state index in [1.807, 2.05) is 48.5 Å². The van der Waals surface area contributed by atoms with Crippen LogP contribution in [0.1, 0.15) is 40.3 Å². The van der Waals surface area contributed by atoms with Gasteiger partial charge in [0, 0.05) is 46.5 Å². The van der Waals surface area contributed by atoms with Gasteiger partial charge >= 0.3 is 0 Å². The largest absolute Gasteiger partial charge is 0.494 e. The molecule has 4 aromatic rings. The highest BCUT2D eigenvalue weighted by molar-refractivity contribution is 9.10. The molecule has 1 amide bonds. The van der Waals surface area contributed by atoms with Crippen molar-refractivity contribution < 1.29 is 23.8 Å². The maximum Gasteiger partial charge on any atom is 0.252 e. The van der Waals surface area contributed by atoms with Crippen LogP contribution in [0.3, 0.4) is 0 Å². The van der Waals surface area contributed by atoms with E-state index in [-0.39, 0.29) is 32.0 Å². The molecule has 0 saturated heterocycles. The van der Waals surface area contributed by atoms with Crippen LogP contribution in [0.2, 0.25) is 0 Å². The summed E-state index contributed by atoms with van der Waals surface area (Å²) in [5.74, 6) is 0.00918. The SMILES string of the molecule is [N-]=[N+]=NCc1ccccc1C[C@@]1(C(=O)NCc2ccccc2F)N=C(c2ccc(OCCCO)cc2)O[C@@H]1c1ccc(Br)cc1. The third kappa shape index (κ3) is 7.51. The Bertz CT molecular complexity index is 1710. The summed E-state index contributed by atoms with van der Waals surface area (Å²) in [4.78, 5) is 22.4. The number of rotatable bonds is 13. The van der Waals surface area contributed by atoms with E-state index in [0.29, 0.717) is 29.9 Å². The number of ether oxygens (including phenoxy) is 2. The van der Waals surface area contributed by atoms with Crippen molar-refractivity contribution in [2.75, 3.05) is 13.2 Å². The van der Waals surface area contributed by atoms with Crippen molar-refractivity contribution >= 4 is 27.7 Å². The molecule has 230 valence electrons. The molecule has 0 bridgehead atoms. The minimum Gasteiger partial charge on any atom is -0.494 e. The number of carbonyl (C=O) groups excluding carboxylic acids is 1. The van der Waals surface area contributed by atoms with E-state index in [1.165, 1.54) is 6.07 Å². The van der Waals surface area contributed by atoms with Gasteiger partial charge in [0.2, 0.25) is 5.90 Å². The first-order valence-electron chi connectivity index (χ1n) is 14.4. The van der Waals surface area contributed by atoms with Gasteiger partial charge in [0.1, 0.15) is 11.6 Å². The number of aliphatic hydroxyl groups is 1. The minimum atomic E-state index is -1.52. The van der Waals surface area contributed by atoms with E-state index in [4.69, 9.17) is 25.1 Å². The second-order valence-corrected chi connectivity index (χ2v) is 11.4. The van der Waals surface area contributed by atoms with E-state index in [2.05, 4.69) is 31.3 Å². The fourth-order valence-corrected chi connectivity index (χ4v) is 5.44. The molecule has 4 aromatic carbocycles. The lowest BCUT2D eigenvalue weighted by Gasteiger charge is -2.31. The summed E-state index contributed by atoms with van der Waals surface area (Å²) in [5, 5.41) is 15.7. The molecule has 0 fully saturated rings. The molecular weight excluding hydrogens is 641 g/mol. The Balaban J connectivity index is 1.60. The Hall–Kier alpha value is -4.70. The molecule has 0 unspecified atom stereocenters. The molecule has 1 aliphatic heterocycles. The number of azide groups is 1. The summed E-state index contributed by atoms with van der Waals surface area (Å²) >= 11 is 3.48. The fourth-order valence-electron chi connectivity index (χ4n) is 5.17. The smallest absolute Gasteiger partial charge is 0.252 e. The molecule has 11 heteroatoms. The summed E-state index contributed by atoms with van der Waals surface area (Å²) in [7, 11) is 0. The second kappa shape index (κ2) is 14.9. The molecule has 0 spiro atoms. The van der Waals surface area contributed by atoms with E-state index < -0.39 is 23.4 Å². The number of nitrogens with one attached hydrogen (secondary N) is 1. The van der Waals surface area contributed by atoms with Gasteiger partial charge in [-0.3, -0.25) is 4.79 Å². The van der Waals surface area contributed by atoms with Crippen LogP contribution in [0.4, 0.5) is 4.39 Å². The molecule has 2 atom stereocenters. The standard InChI is InChI=1S/C34H31BrFN5O4/c35-28-14-10-23(11-15-28)31-34(20-25-6-1-2-7-26(25)22-39-41-37,33(43)38-21-27-8-3-4-9-30(27)36)40-32(45-31)24-12-16-29(17-13-24)44-19-5-18-42/h1-4,6-17,31,42H,5,18-22H2,(H,38,43)/t31-,34-/m1/s1. The molecule has 1 aliphatic rings. The molecule has 9 nitrogen and oxygen atoms in total. The molecule has 5 rings (SSSR count). The summed E-state index contributed by atoms with van der Waals surface area (Å²) < 4.78 is 27.7. The van der Waals surface area contributed by atoms with Crippen LogP contribution >= 0.6 is 15.9 Å². The third-order valence-corrected chi connectivity index (χ3v) is 8.01. The van der Waals surface area contributed by atoms with Crippen molar-refractivity contribution in [3.8, 4) is 5.75 Å². The lowest BCUT2D eigenvalue weighted by molar-refractivity contribution is -0.129. The van der Waals surface area contributed by atoms with Gasteiger partial charge in [-0.25, -0.2) is 9.38 Å². The number of hydrogen-bond donors (Lipinski definition) is 2. The van der Waals surface area contributed by atoms with Crippen LogP contribution in [-0.4, -0.2) is 35.7 Å². The predicted molar refractivity (Wildman–Crippen MR) is 172 cm³/mol. The molecule has 1 heterocycles. The van der Waals surface area contributed by atoms with Crippen molar-refractivity contribution in [3.05, 3.63) is 146 Å². The number of benzene rings is 4. The van der Waals surface area contributed by atoms with Crippen LogP contribution in [0.5, 0.6) is 5.75 Å². The fraction of sp³-hybridized carbons (Fsp3) is 0.235. The molecule has 0 aromatic heterocycles. The van der Waals surface area contributed by atoms with Gasteiger partial charge in [-0.1, -0.05) is 75.6 Å². The van der Waals surface area contributed by atoms with Gasteiger partial charge < -0.3 is 19.9 Å². The van der Waals surface area contributed by atoms with Gasteiger partial charge in [-0.05, 0) is 64.7 Å². The van der Waals surface area contributed by atoms with Gasteiger partial charge in [0.05, 0.1) is 13.2 Å². The van der Waals surface area contributed by atoms with Crippen molar-refractivity contribution in [1.29, 1.82) is 0 Å². The van der Waals surface area contributed by atoms with E-state index in [9.17, 15) is 9.18 Å². The number of hydrogen-bond acceptors (Lipinski definition) is 6. The summed E-state index contributed by atoms with van der Waals surface area (Å²) in [6.45, 7) is 0.454. The van der Waals surface area contributed by atoms with Crippen LogP contribution < -0.4 is 10.1 Å². The number of aliphatic imine (C=N–C) groups is 1. The second-order valence-electron chi connectivity index (χ2n) is 10.4. The first kappa shape index (κ1) is 31.7. The molecule has 0 saturated carbocycles. The normalized spacial score (nSPS) is 17.1. The Morgan fingerprint density at radius 1 is 1.02 bits per heavy atom. The van der Waals surface area contributed by atoms with Gasteiger partial charge in [0.15, 0.2) is 11.6 Å². The maximum absolute atomic E-state index is 14.6. The lowest BCUT2D eigenvalue weighted by Crippen LogP contribution is -2.50. The van der Waals surface area contributed by atoms with Crippen LogP contribution in [-0.2, 0) is 29.0 Å². The van der Waals surface area contributed by atoms with E-state index in [0.717, 1.165) is 21.2 Å². The maximum atomic E-state index is 14.6. The van der Waals surface area contributed by atoms with Crippen molar-refractivity contribution in [1.82, 2.24) is 5.32 Å². The quantitative estimate of drug-likeness (QED) is 0.0688. The zero-order valence-electron chi connectivity index (χ0n) is 24.3. The monoisotopic (exact) mass is 671 g/mol. The predicted octanol–water partition coefficient (Wildman–Crippen LogP) is 6.98. The minimum absolute atomic E-state index is 0.0349. The first-order chi connectivity index (χ1) is 21.9. The zero-order chi connectivity index (χ0) is 31.6. The van der Waals surface area contributed by atoms with Crippen molar-refractivity contribution in [2.24, 2.45) is 10.1 Å². The molecule has 2 N–H and O–H groups in total. The Morgan fingerprint density at radius 3 is 2.40 bits per heavy atom. The lowest BCUT2D eigenvalue weighted by atomic mass is 9.81. The van der Waals surface area contributed by atoms with Gasteiger partial charge in [-0.15, -0.1) is 0 Å². The van der Waals surface area contributed by atoms with Gasteiger partial charge in [-0.2, -0.15) is 0 Å². The van der Waals surface area contributed by atoms with Crippen molar-refractivity contribution in [3.63, 3.8) is 0 Å². The summed E-state index contributed by atoms with van der Waals surface area (Å²) in [5.41, 5.74) is 10.7. The van der Waals surface area contributed by atoms with Crippen LogP contribution in [0, 0.1) is 5.82 Å². The average Bonchev–Trinajstić information content (AvgIpc) is 3.45. The molecule has 0 aliphatic carbocycles. The summed E-state index contributed by atoms with van der Waals surface area (Å²) in [6.07, 6.45) is -0.230. The van der Waals surface area contributed by atoms with Crippen LogP contribution in [0.25, 0.3) is 10.4 Å². The summed E-state index contributed by atoms with van der Waals surface area (Å²) in [6, 6.07) is 28.3. The Kier molecular flexibility index (Phi) is 10.5. The topological polar surface area (TPSA) is 129 Å².